The van der Waals surface area contributed by atoms with Crippen molar-refractivity contribution in [2.45, 2.75) is 0 Å². The van der Waals surface area contributed by atoms with Gasteiger partial charge in [0, 0.05) is 22.1 Å². The number of nitrogens with zero attached hydrogens (tertiary/aromatic N) is 2. The summed E-state index contributed by atoms with van der Waals surface area (Å²) in [6, 6.07) is 24.4. The van der Waals surface area contributed by atoms with Gasteiger partial charge in [-0.1, -0.05) is 12.1 Å². The Morgan fingerprint density at radius 3 is 1.43 bits per heavy atom. The zero-order valence-electron chi connectivity index (χ0n) is 15.1. The van der Waals surface area contributed by atoms with Gasteiger partial charge in [0.05, 0.1) is 22.8 Å². The number of fused-ring (bicyclic) bond motifs is 8. The van der Waals surface area contributed by atoms with Crippen LogP contribution in [0.1, 0.15) is 22.8 Å². The Balaban J connectivity index is 1.71. The van der Waals surface area contributed by atoms with Gasteiger partial charge in [0.2, 0.25) is 0 Å². The van der Waals surface area contributed by atoms with Gasteiger partial charge in [-0.15, -0.1) is 0 Å². The van der Waals surface area contributed by atoms with Crippen LogP contribution in [0.3, 0.4) is 0 Å². The molecular weight excluding hydrogens is 344 g/mol. The summed E-state index contributed by atoms with van der Waals surface area (Å²) in [5.74, 6) is 0. The maximum atomic E-state index is 4.61. The van der Waals surface area contributed by atoms with Crippen LogP contribution in [0.4, 0.5) is 0 Å². The molecule has 0 fully saturated rings. The predicted octanol–water partition coefficient (Wildman–Crippen LogP) is 5.78. The third-order valence-electron chi connectivity index (χ3n) is 4.52. The highest BCUT2D eigenvalue weighted by molar-refractivity contribution is 5.74. The number of aromatic nitrogens is 4. The maximum Gasteiger partial charge on any atom is 0.0659 e. The van der Waals surface area contributed by atoms with Gasteiger partial charge >= 0.3 is 0 Å². The van der Waals surface area contributed by atoms with Crippen molar-refractivity contribution in [3.63, 3.8) is 0 Å². The Kier molecular flexibility index (Phi) is 4.07. The third-order valence-corrected chi connectivity index (χ3v) is 4.52. The van der Waals surface area contributed by atoms with E-state index >= 15 is 0 Å². The Labute approximate surface area is 162 Å². The van der Waals surface area contributed by atoms with Crippen LogP contribution in [0.2, 0.25) is 0 Å². The minimum absolute atomic E-state index is 0.907. The molecule has 5 rings (SSSR count). The van der Waals surface area contributed by atoms with Crippen LogP contribution in [-0.2, 0) is 0 Å². The molecule has 4 heteroatoms. The largest absolute Gasteiger partial charge is 0.355 e. The molecule has 134 valence electrons. The molecule has 0 spiro atoms. The summed E-state index contributed by atoms with van der Waals surface area (Å²) < 4.78 is 0. The normalized spacial score (nSPS) is 12.0. The van der Waals surface area contributed by atoms with E-state index in [4.69, 9.17) is 0 Å². The van der Waals surface area contributed by atoms with E-state index in [1.165, 1.54) is 0 Å². The van der Waals surface area contributed by atoms with Crippen molar-refractivity contribution in [3.05, 3.63) is 95.6 Å². The average molecular weight is 362 g/mol. The van der Waals surface area contributed by atoms with Crippen molar-refractivity contribution in [2.24, 2.45) is 0 Å². The highest BCUT2D eigenvalue weighted by atomic mass is 14.7. The molecule has 3 aromatic heterocycles. The van der Waals surface area contributed by atoms with E-state index in [9.17, 15) is 0 Å². The third kappa shape index (κ3) is 3.62. The quantitative estimate of drug-likeness (QED) is 0.367. The van der Waals surface area contributed by atoms with Crippen LogP contribution < -0.4 is 0 Å². The molecular formula is C24H18N4. The lowest BCUT2D eigenvalue weighted by Gasteiger charge is -1.84. The highest BCUT2D eigenvalue weighted by Crippen LogP contribution is 2.14. The molecule has 2 aliphatic heterocycles. The van der Waals surface area contributed by atoms with E-state index in [-0.39, 0.29) is 0 Å². The van der Waals surface area contributed by atoms with Crippen LogP contribution >= 0.6 is 0 Å². The van der Waals surface area contributed by atoms with E-state index < -0.39 is 0 Å². The molecule has 0 aliphatic carbocycles. The Bertz CT molecular complexity index is 1220. The summed E-state index contributed by atoms with van der Waals surface area (Å²) in [6.45, 7) is 0. The smallest absolute Gasteiger partial charge is 0.0659 e. The van der Waals surface area contributed by atoms with Gasteiger partial charge in [-0.05, 0) is 85.0 Å². The summed E-state index contributed by atoms with van der Waals surface area (Å²) in [6.07, 6.45) is 8.02. The van der Waals surface area contributed by atoms with E-state index in [0.717, 1.165) is 44.8 Å². The topological polar surface area (TPSA) is 57.4 Å². The molecule has 0 saturated carbocycles. The summed E-state index contributed by atoms with van der Waals surface area (Å²) in [4.78, 5) is 16.0. The van der Waals surface area contributed by atoms with Crippen LogP contribution in [0.5, 0.6) is 0 Å². The van der Waals surface area contributed by atoms with Gasteiger partial charge < -0.3 is 9.97 Å². The second-order valence-electron chi connectivity index (χ2n) is 6.67. The molecule has 5 heterocycles. The van der Waals surface area contributed by atoms with E-state index in [2.05, 4.69) is 50.3 Å². The van der Waals surface area contributed by atoms with Gasteiger partial charge in [-0.2, -0.15) is 0 Å². The minimum atomic E-state index is 0.907. The van der Waals surface area contributed by atoms with Crippen molar-refractivity contribution in [1.82, 2.24) is 19.9 Å². The van der Waals surface area contributed by atoms with Crippen LogP contribution in [0.15, 0.2) is 72.8 Å². The lowest BCUT2D eigenvalue weighted by atomic mass is 10.3. The van der Waals surface area contributed by atoms with Crippen molar-refractivity contribution in [1.29, 1.82) is 0 Å². The van der Waals surface area contributed by atoms with Crippen LogP contribution in [-0.4, -0.2) is 19.9 Å². The van der Waals surface area contributed by atoms with Gasteiger partial charge in [-0.25, -0.2) is 9.97 Å². The average Bonchev–Trinajstić information content (AvgIpc) is 3.46. The van der Waals surface area contributed by atoms with E-state index in [1.807, 2.05) is 66.8 Å². The second kappa shape index (κ2) is 7.00. The fourth-order valence-corrected chi connectivity index (χ4v) is 3.18. The molecule has 8 bridgehead atoms. The van der Waals surface area contributed by atoms with Gasteiger partial charge in [-0.3, -0.25) is 0 Å². The number of hydrogen-bond donors (Lipinski definition) is 2. The molecule has 0 unspecified atom stereocenters. The molecule has 2 aliphatic rings. The molecule has 4 nitrogen and oxygen atoms in total. The Hall–Kier alpha value is -3.92. The SMILES string of the molecule is C1=Cc2cc3nc(cccc4ccc(cc5ccc(cccc1n2)[nH]5)[nH]4)C=C3. The number of hydrogen-bond acceptors (Lipinski definition) is 2. The van der Waals surface area contributed by atoms with Crippen molar-refractivity contribution < 1.29 is 0 Å². The molecule has 0 aromatic carbocycles. The highest BCUT2D eigenvalue weighted by Gasteiger charge is 2.00. The van der Waals surface area contributed by atoms with Gasteiger partial charge in [0.15, 0.2) is 0 Å². The lowest BCUT2D eigenvalue weighted by Crippen LogP contribution is -1.76. The lowest BCUT2D eigenvalue weighted by molar-refractivity contribution is 1.28. The number of aromatic amines is 2. The Morgan fingerprint density at radius 2 is 0.893 bits per heavy atom. The molecule has 2 N–H and O–H groups in total. The first-order valence-corrected chi connectivity index (χ1v) is 9.18. The van der Waals surface area contributed by atoms with Gasteiger partial charge in [0.1, 0.15) is 0 Å². The predicted molar refractivity (Wildman–Crippen MR) is 116 cm³/mol. The van der Waals surface area contributed by atoms with Crippen LogP contribution in [0.25, 0.3) is 46.4 Å². The minimum Gasteiger partial charge on any atom is -0.355 e. The standard InChI is InChI=1S/C24H18N4/c1-3-17-7-11-21(25-17)15-23-13-9-19(27-23)5-2-6-20-10-14-24(28-20)16-22-12-8-18(4-1)26-22/h1-16,25,27H. The zero-order valence-corrected chi connectivity index (χ0v) is 15.1. The molecule has 0 atom stereocenters. The monoisotopic (exact) mass is 362 g/mol. The summed E-state index contributed by atoms with van der Waals surface area (Å²) in [7, 11) is 0. The maximum absolute atomic E-state index is 4.61. The molecule has 0 radical (unpaired) electrons. The first-order valence-electron chi connectivity index (χ1n) is 9.18. The number of rotatable bonds is 0. The summed E-state index contributed by atoms with van der Waals surface area (Å²) >= 11 is 0. The molecule has 0 amide bonds. The van der Waals surface area contributed by atoms with Gasteiger partial charge in [0.25, 0.3) is 0 Å². The molecule has 3 aromatic rings. The first-order chi connectivity index (χ1) is 13.8. The fourth-order valence-electron chi connectivity index (χ4n) is 3.18. The van der Waals surface area contributed by atoms with Crippen LogP contribution in [0, 0.1) is 0 Å². The first kappa shape index (κ1) is 16.3. The molecule has 28 heavy (non-hydrogen) atoms. The zero-order chi connectivity index (χ0) is 18.8. The van der Waals surface area contributed by atoms with Crippen molar-refractivity contribution in [3.8, 4) is 0 Å². The Morgan fingerprint density at radius 1 is 0.429 bits per heavy atom. The number of H-pyrrole nitrogens is 2. The number of nitrogens with one attached hydrogen (secondary N) is 2. The molecule has 0 saturated heterocycles. The fraction of sp³-hybridized carbons (Fsp3) is 0. The second-order valence-corrected chi connectivity index (χ2v) is 6.67. The summed E-state index contributed by atoms with van der Waals surface area (Å²) in [5, 5.41) is 0. The van der Waals surface area contributed by atoms with E-state index in [1.54, 1.807) is 0 Å². The van der Waals surface area contributed by atoms with Crippen molar-refractivity contribution in [2.75, 3.05) is 0 Å². The van der Waals surface area contributed by atoms with Crippen molar-refractivity contribution >= 4 is 46.4 Å². The summed E-state index contributed by atoms with van der Waals surface area (Å²) in [5.41, 5.74) is 7.86. The van der Waals surface area contributed by atoms with E-state index in [0.29, 0.717) is 0 Å².